The molecule has 1 N–H and O–H groups in total. The predicted octanol–water partition coefficient (Wildman–Crippen LogP) is 7.64. The van der Waals surface area contributed by atoms with Gasteiger partial charge in [-0.25, -0.2) is 0 Å². The summed E-state index contributed by atoms with van der Waals surface area (Å²) >= 11 is 0. The van der Waals surface area contributed by atoms with E-state index in [1.54, 1.807) is 0 Å². The molecule has 0 aromatic heterocycles. The fourth-order valence-electron chi connectivity index (χ4n) is 11.4. The highest BCUT2D eigenvalue weighted by Crippen LogP contribution is 2.77. The summed E-state index contributed by atoms with van der Waals surface area (Å²) in [6, 6.07) is 0. The normalized spacial score (nSPS) is 59.2. The number of rotatable bonds is 1. The van der Waals surface area contributed by atoms with Gasteiger partial charge in [-0.15, -0.1) is 6.42 Å². The molecule has 0 radical (unpaired) electrons. The van der Waals surface area contributed by atoms with Crippen molar-refractivity contribution in [2.24, 2.45) is 56.7 Å². The van der Waals surface area contributed by atoms with Gasteiger partial charge in [-0.3, -0.25) is 0 Å². The summed E-state index contributed by atoms with van der Waals surface area (Å²) in [6.07, 6.45) is 18.6. The average molecular weight is 437 g/mol. The van der Waals surface area contributed by atoms with Gasteiger partial charge in [0, 0.05) is 0 Å². The van der Waals surface area contributed by atoms with Crippen molar-refractivity contribution < 1.29 is 5.11 Å². The minimum Gasteiger partial charge on any atom is -0.392 e. The molecule has 1 heteroatoms. The Balaban J connectivity index is 1.55. The summed E-state index contributed by atoms with van der Waals surface area (Å²) < 4.78 is 0. The van der Waals surface area contributed by atoms with Crippen molar-refractivity contribution in [3.05, 3.63) is 12.2 Å². The third-order valence-corrected chi connectivity index (χ3v) is 13.4. The van der Waals surface area contributed by atoms with E-state index in [0.29, 0.717) is 22.2 Å². The van der Waals surface area contributed by atoms with Crippen molar-refractivity contribution >= 4 is 0 Å². The Hall–Kier alpha value is -0.740. The topological polar surface area (TPSA) is 20.2 Å². The Bertz CT molecular complexity index is 851. The molecule has 11 atom stereocenters. The molecule has 0 spiro atoms. The van der Waals surface area contributed by atoms with Gasteiger partial charge >= 0.3 is 0 Å². The fraction of sp³-hybridized carbons (Fsp3) is 0.871. The first-order chi connectivity index (χ1) is 14.9. The Labute approximate surface area is 198 Å². The second-order valence-electron chi connectivity index (χ2n) is 14.3. The van der Waals surface area contributed by atoms with Gasteiger partial charge in [0.1, 0.15) is 0 Å². The first-order valence-electron chi connectivity index (χ1n) is 13.7. The molecule has 5 aliphatic rings. The lowest BCUT2D eigenvalue weighted by atomic mass is 9.32. The molecular weight excluding hydrogens is 388 g/mol. The summed E-state index contributed by atoms with van der Waals surface area (Å²) in [4.78, 5) is 0. The maximum absolute atomic E-state index is 10.9. The maximum atomic E-state index is 10.9. The third-order valence-electron chi connectivity index (χ3n) is 13.4. The molecule has 0 aromatic rings. The quantitative estimate of drug-likeness (QED) is 0.331. The van der Waals surface area contributed by atoms with Gasteiger partial charge in [0.05, 0.1) is 11.5 Å². The van der Waals surface area contributed by atoms with Crippen LogP contribution in [0.3, 0.4) is 0 Å². The lowest BCUT2D eigenvalue weighted by molar-refractivity contribution is -0.241. The smallest absolute Gasteiger partial charge is 0.0706 e. The zero-order valence-electron chi connectivity index (χ0n) is 21.8. The molecule has 0 amide bonds. The van der Waals surface area contributed by atoms with Crippen molar-refractivity contribution in [1.82, 2.24) is 0 Å². The molecule has 178 valence electrons. The number of allylic oxidation sites excluding steroid dienone is 1. The van der Waals surface area contributed by atoms with Crippen LogP contribution in [0.4, 0.5) is 0 Å². The molecule has 5 saturated carbocycles. The minimum atomic E-state index is -0.367. The Kier molecular flexibility index (Phi) is 4.97. The highest BCUT2D eigenvalue weighted by molar-refractivity contribution is 5.24. The van der Waals surface area contributed by atoms with Crippen LogP contribution in [0.15, 0.2) is 12.2 Å². The van der Waals surface area contributed by atoms with Crippen molar-refractivity contribution in [1.29, 1.82) is 0 Å². The van der Waals surface area contributed by atoms with E-state index in [2.05, 4.69) is 54.0 Å². The zero-order valence-corrected chi connectivity index (χ0v) is 21.8. The van der Waals surface area contributed by atoms with Crippen LogP contribution in [0.5, 0.6) is 0 Å². The first-order valence-corrected chi connectivity index (χ1v) is 13.7. The van der Waals surface area contributed by atoms with Crippen LogP contribution >= 0.6 is 0 Å². The summed E-state index contributed by atoms with van der Waals surface area (Å²) in [5.41, 5.74) is 2.64. The van der Waals surface area contributed by atoms with Crippen molar-refractivity contribution in [2.45, 2.75) is 112 Å². The molecule has 32 heavy (non-hydrogen) atoms. The number of aliphatic hydroxyl groups excluding tert-OH is 1. The monoisotopic (exact) mass is 436 g/mol. The highest BCUT2D eigenvalue weighted by atomic mass is 16.3. The van der Waals surface area contributed by atoms with Crippen LogP contribution in [0.2, 0.25) is 0 Å². The van der Waals surface area contributed by atoms with E-state index in [9.17, 15) is 5.11 Å². The van der Waals surface area contributed by atoms with E-state index in [1.165, 1.54) is 56.9 Å². The molecule has 5 fully saturated rings. The third kappa shape index (κ3) is 2.58. The molecule has 0 bridgehead atoms. The van der Waals surface area contributed by atoms with Gasteiger partial charge in [0.25, 0.3) is 0 Å². The minimum absolute atomic E-state index is 0.255. The first kappa shape index (κ1) is 23.0. The summed E-state index contributed by atoms with van der Waals surface area (Å²) in [6.45, 7) is 19.6. The zero-order chi connectivity index (χ0) is 23.3. The molecule has 1 nitrogen and oxygen atoms in total. The lowest BCUT2D eigenvalue weighted by Gasteiger charge is -2.72. The van der Waals surface area contributed by atoms with Crippen LogP contribution in [0.1, 0.15) is 106 Å². The molecule has 4 unspecified atom stereocenters. The van der Waals surface area contributed by atoms with Gasteiger partial charge in [0.15, 0.2) is 0 Å². The molecule has 5 aliphatic carbocycles. The number of fused-ring (bicyclic) bond motifs is 7. The molecule has 0 aliphatic heterocycles. The van der Waals surface area contributed by atoms with Gasteiger partial charge in [0.2, 0.25) is 0 Å². The Morgan fingerprint density at radius 1 is 0.844 bits per heavy atom. The highest BCUT2D eigenvalue weighted by Gasteiger charge is 2.70. The molecular formula is C31H48O. The van der Waals surface area contributed by atoms with Crippen LogP contribution in [0, 0.1) is 69.0 Å². The van der Waals surface area contributed by atoms with Gasteiger partial charge in [-0.2, -0.15) is 0 Å². The Morgan fingerprint density at radius 2 is 1.56 bits per heavy atom. The molecule has 0 heterocycles. The van der Waals surface area contributed by atoms with Crippen LogP contribution in [0.25, 0.3) is 0 Å². The van der Waals surface area contributed by atoms with Crippen LogP contribution < -0.4 is 0 Å². The van der Waals surface area contributed by atoms with E-state index in [0.717, 1.165) is 36.5 Å². The SMILES string of the molecule is C#C[C@@]1(C)C2CC[C@]3(C)C(CCC4C5[C@H](C(=C)C)CC[C@]5(C)CC[C@@]43C)[C@@]2(C)CC[C@@H]1O. The average Bonchev–Trinajstić information content (AvgIpc) is 3.09. The Morgan fingerprint density at radius 3 is 2.22 bits per heavy atom. The van der Waals surface area contributed by atoms with Gasteiger partial charge in [-0.1, -0.05) is 45.8 Å². The largest absolute Gasteiger partial charge is 0.392 e. The number of terminal acetylenes is 1. The van der Waals surface area contributed by atoms with Crippen molar-refractivity contribution in [3.63, 3.8) is 0 Å². The lowest BCUT2D eigenvalue weighted by Crippen LogP contribution is -2.66. The molecule has 0 saturated heterocycles. The fourth-order valence-corrected chi connectivity index (χ4v) is 11.4. The van der Waals surface area contributed by atoms with E-state index in [-0.39, 0.29) is 16.9 Å². The van der Waals surface area contributed by atoms with Crippen molar-refractivity contribution in [2.75, 3.05) is 0 Å². The number of aliphatic hydroxyl groups is 1. The second kappa shape index (κ2) is 6.90. The van der Waals surface area contributed by atoms with E-state index in [1.807, 2.05) is 0 Å². The standard InChI is InChI=1S/C31H48O/c1-9-28(5)23-13-17-31(8)24(29(23,6)16-14-25(28)32)11-10-22-26-21(20(2)3)12-15-27(26,4)18-19-30(22,31)7/h1,21-26,32H,2,10-19H2,3-8H3/t21-,22?,23?,24?,25-,26?,27+,28-,29-,30-,31+/m0/s1. The van der Waals surface area contributed by atoms with Gasteiger partial charge in [-0.05, 0) is 129 Å². The predicted molar refractivity (Wildman–Crippen MR) is 134 cm³/mol. The van der Waals surface area contributed by atoms with E-state index >= 15 is 0 Å². The van der Waals surface area contributed by atoms with Gasteiger partial charge < -0.3 is 5.11 Å². The van der Waals surface area contributed by atoms with Crippen molar-refractivity contribution in [3.8, 4) is 12.3 Å². The maximum Gasteiger partial charge on any atom is 0.0706 e. The summed E-state index contributed by atoms with van der Waals surface area (Å²) in [7, 11) is 0. The summed E-state index contributed by atoms with van der Waals surface area (Å²) in [5, 5.41) is 10.9. The molecule has 5 rings (SSSR count). The van der Waals surface area contributed by atoms with Crippen LogP contribution in [-0.4, -0.2) is 11.2 Å². The van der Waals surface area contributed by atoms with Crippen LogP contribution in [-0.2, 0) is 0 Å². The van der Waals surface area contributed by atoms with E-state index in [4.69, 9.17) is 6.42 Å². The van der Waals surface area contributed by atoms with E-state index < -0.39 is 0 Å². The number of hydrogen-bond donors (Lipinski definition) is 1. The molecule has 0 aromatic carbocycles. The number of hydrogen-bond acceptors (Lipinski definition) is 1. The summed E-state index contributed by atoms with van der Waals surface area (Å²) in [5.74, 6) is 6.68. The second-order valence-corrected chi connectivity index (χ2v) is 14.3.